The van der Waals surface area contributed by atoms with E-state index in [1.54, 1.807) is 0 Å². The topological polar surface area (TPSA) is 0 Å². The molecular formula is C14H30S3. The SMILES string of the molecule is CCC(C)SCC(C)(SC(C)C)SC(C)(C)C. The lowest BCUT2D eigenvalue weighted by molar-refractivity contribution is 0.789. The highest BCUT2D eigenvalue weighted by molar-refractivity contribution is 8.20. The van der Waals surface area contributed by atoms with Gasteiger partial charge in [-0.3, -0.25) is 0 Å². The molecule has 0 radical (unpaired) electrons. The molecule has 104 valence electrons. The standard InChI is InChI=1S/C14H30S3/c1-9-12(4)15-10-14(8,16-11(2)3)17-13(5,6)7/h11-12H,9-10H2,1-8H3. The summed E-state index contributed by atoms with van der Waals surface area (Å²) in [5.74, 6) is 1.24. The summed E-state index contributed by atoms with van der Waals surface area (Å²) in [6, 6.07) is 0. The molecule has 0 fully saturated rings. The van der Waals surface area contributed by atoms with Gasteiger partial charge < -0.3 is 0 Å². The third-order valence-electron chi connectivity index (χ3n) is 2.21. The lowest BCUT2D eigenvalue weighted by Crippen LogP contribution is -2.28. The highest BCUT2D eigenvalue weighted by atomic mass is 32.2. The molecule has 0 rings (SSSR count). The summed E-state index contributed by atoms with van der Waals surface area (Å²) in [7, 11) is 0. The fourth-order valence-electron chi connectivity index (χ4n) is 1.65. The van der Waals surface area contributed by atoms with Crippen molar-refractivity contribution in [3.63, 3.8) is 0 Å². The van der Waals surface area contributed by atoms with Crippen LogP contribution in [0, 0.1) is 0 Å². The van der Waals surface area contributed by atoms with Gasteiger partial charge in [0.1, 0.15) is 0 Å². The van der Waals surface area contributed by atoms with E-state index in [1.807, 2.05) is 0 Å². The highest BCUT2D eigenvalue weighted by Gasteiger charge is 2.32. The van der Waals surface area contributed by atoms with Gasteiger partial charge in [-0.15, -0.1) is 23.5 Å². The second-order valence-electron chi connectivity index (χ2n) is 6.04. The van der Waals surface area contributed by atoms with Crippen molar-refractivity contribution in [2.75, 3.05) is 5.75 Å². The van der Waals surface area contributed by atoms with Gasteiger partial charge in [-0.1, -0.05) is 48.5 Å². The first-order valence-electron chi connectivity index (χ1n) is 6.57. The molecule has 0 aromatic carbocycles. The first-order chi connectivity index (χ1) is 7.58. The predicted molar refractivity (Wildman–Crippen MR) is 90.7 cm³/mol. The molecule has 0 bridgehead atoms. The molecule has 0 amide bonds. The Morgan fingerprint density at radius 3 is 1.88 bits per heavy atom. The van der Waals surface area contributed by atoms with E-state index in [0.29, 0.717) is 14.1 Å². The monoisotopic (exact) mass is 294 g/mol. The molecule has 3 heteroatoms. The van der Waals surface area contributed by atoms with E-state index in [-0.39, 0.29) is 0 Å². The maximum Gasteiger partial charge on any atom is 0.0680 e. The van der Waals surface area contributed by atoms with E-state index < -0.39 is 0 Å². The molecule has 0 N–H and O–H groups in total. The van der Waals surface area contributed by atoms with Gasteiger partial charge in [-0.25, -0.2) is 0 Å². The summed E-state index contributed by atoms with van der Waals surface area (Å²) in [6.07, 6.45) is 1.27. The lowest BCUT2D eigenvalue weighted by Gasteiger charge is -2.36. The molecule has 0 aliphatic rings. The van der Waals surface area contributed by atoms with E-state index >= 15 is 0 Å². The Morgan fingerprint density at radius 2 is 1.53 bits per heavy atom. The van der Waals surface area contributed by atoms with Crippen molar-refractivity contribution in [1.82, 2.24) is 0 Å². The van der Waals surface area contributed by atoms with Crippen LogP contribution >= 0.6 is 35.3 Å². The normalized spacial score (nSPS) is 18.2. The molecule has 0 spiro atoms. The minimum absolute atomic E-state index is 0.334. The molecule has 0 aromatic rings. The Balaban J connectivity index is 4.50. The predicted octanol–water partition coefficient (Wildman–Crippen LogP) is 5.91. The third-order valence-corrected chi connectivity index (χ3v) is 7.07. The number of hydrogen-bond acceptors (Lipinski definition) is 3. The van der Waals surface area contributed by atoms with Gasteiger partial charge in [0.15, 0.2) is 0 Å². The molecule has 0 nitrogen and oxygen atoms in total. The minimum Gasteiger partial charge on any atom is -0.157 e. The van der Waals surface area contributed by atoms with Gasteiger partial charge in [0, 0.05) is 21.0 Å². The molecule has 2 unspecified atom stereocenters. The van der Waals surface area contributed by atoms with Crippen LogP contribution in [0.2, 0.25) is 0 Å². The fourth-order valence-corrected chi connectivity index (χ4v) is 7.20. The van der Waals surface area contributed by atoms with Crippen LogP contribution in [0.15, 0.2) is 0 Å². The van der Waals surface area contributed by atoms with Crippen molar-refractivity contribution in [1.29, 1.82) is 0 Å². The zero-order chi connectivity index (χ0) is 13.7. The third kappa shape index (κ3) is 9.61. The zero-order valence-electron chi connectivity index (χ0n) is 12.8. The van der Waals surface area contributed by atoms with Crippen LogP contribution in [0.4, 0.5) is 0 Å². The summed E-state index contributed by atoms with van der Waals surface area (Å²) < 4.78 is 0.674. The van der Waals surface area contributed by atoms with Gasteiger partial charge in [0.05, 0.1) is 4.08 Å². The Bertz CT molecular complexity index is 208. The second-order valence-corrected chi connectivity index (χ2v) is 12.1. The maximum absolute atomic E-state index is 2.42. The van der Waals surface area contributed by atoms with Crippen molar-refractivity contribution in [3.8, 4) is 0 Å². The summed E-state index contributed by atoms with van der Waals surface area (Å²) in [5, 5.41) is 1.48. The van der Waals surface area contributed by atoms with Gasteiger partial charge in [-0.2, -0.15) is 11.8 Å². The van der Waals surface area contributed by atoms with Crippen LogP contribution in [-0.4, -0.2) is 25.1 Å². The van der Waals surface area contributed by atoms with Crippen molar-refractivity contribution in [2.45, 2.75) is 81.1 Å². The molecular weight excluding hydrogens is 264 g/mol. The molecule has 0 heterocycles. The fraction of sp³-hybridized carbons (Fsp3) is 1.00. The van der Waals surface area contributed by atoms with Crippen molar-refractivity contribution < 1.29 is 0 Å². The second kappa shape index (κ2) is 7.59. The largest absolute Gasteiger partial charge is 0.157 e. The molecule has 17 heavy (non-hydrogen) atoms. The molecule has 0 aliphatic heterocycles. The van der Waals surface area contributed by atoms with Crippen LogP contribution in [0.5, 0.6) is 0 Å². The van der Waals surface area contributed by atoms with Crippen LogP contribution in [-0.2, 0) is 0 Å². The average Bonchev–Trinajstić information content (AvgIpc) is 2.09. The van der Waals surface area contributed by atoms with E-state index in [9.17, 15) is 0 Å². The van der Waals surface area contributed by atoms with Crippen molar-refractivity contribution in [2.24, 2.45) is 0 Å². The van der Waals surface area contributed by atoms with Crippen molar-refractivity contribution in [3.05, 3.63) is 0 Å². The number of hydrogen-bond donors (Lipinski definition) is 0. The summed E-state index contributed by atoms with van der Waals surface area (Å²) in [6.45, 7) is 18.6. The number of rotatable bonds is 7. The Hall–Kier alpha value is 1.05. The van der Waals surface area contributed by atoms with Gasteiger partial charge in [0.2, 0.25) is 0 Å². The zero-order valence-corrected chi connectivity index (χ0v) is 15.2. The van der Waals surface area contributed by atoms with Crippen molar-refractivity contribution >= 4 is 35.3 Å². The van der Waals surface area contributed by atoms with E-state index in [4.69, 9.17) is 0 Å². The lowest BCUT2D eigenvalue weighted by atomic mass is 10.3. The molecule has 0 aliphatic carbocycles. The number of thioether (sulfide) groups is 3. The van der Waals surface area contributed by atoms with Gasteiger partial charge >= 0.3 is 0 Å². The summed E-state index contributed by atoms with van der Waals surface area (Å²) >= 11 is 6.37. The minimum atomic E-state index is 0.334. The summed E-state index contributed by atoms with van der Waals surface area (Å²) in [5.41, 5.74) is 0. The van der Waals surface area contributed by atoms with Crippen LogP contribution in [0.25, 0.3) is 0 Å². The van der Waals surface area contributed by atoms with Gasteiger partial charge in [-0.05, 0) is 13.3 Å². The molecule has 0 saturated heterocycles. The Morgan fingerprint density at radius 1 is 1.00 bits per heavy atom. The quantitative estimate of drug-likeness (QED) is 0.536. The van der Waals surface area contributed by atoms with E-state index in [0.717, 1.165) is 5.25 Å². The highest BCUT2D eigenvalue weighted by Crippen LogP contribution is 2.48. The van der Waals surface area contributed by atoms with E-state index in [2.05, 4.69) is 90.7 Å². The smallest absolute Gasteiger partial charge is 0.0680 e. The van der Waals surface area contributed by atoms with Crippen LogP contribution in [0.1, 0.15) is 61.8 Å². The summed E-state index contributed by atoms with van der Waals surface area (Å²) in [4.78, 5) is 0. The Labute approximate surface area is 122 Å². The van der Waals surface area contributed by atoms with Gasteiger partial charge in [0.25, 0.3) is 0 Å². The average molecular weight is 295 g/mol. The maximum atomic E-state index is 2.42. The molecule has 2 atom stereocenters. The van der Waals surface area contributed by atoms with E-state index in [1.165, 1.54) is 12.2 Å². The van der Waals surface area contributed by atoms with Crippen LogP contribution in [0.3, 0.4) is 0 Å². The Kier molecular flexibility index (Phi) is 8.06. The first kappa shape index (κ1) is 18.0. The first-order valence-corrected chi connectivity index (χ1v) is 9.32. The molecule has 0 aromatic heterocycles. The molecule has 0 saturated carbocycles. The van der Waals surface area contributed by atoms with Crippen LogP contribution < -0.4 is 0 Å².